The number of imidazole rings is 1. The SMILES string of the molecule is Cc1oc(C)c2cc(-c3cccc(-c4cccc5c4nc(-c4cc(C(C)(C)C)cc(C(C)(C)C)c4O)n5-c4ccccc4-c4ccccc4)c3)ncc12. The zero-order chi connectivity index (χ0) is 37.2. The zero-order valence-corrected chi connectivity index (χ0v) is 31.7. The molecule has 0 radical (unpaired) electrons. The number of rotatable bonds is 5. The number of hydrogen-bond acceptors (Lipinski definition) is 4. The third kappa shape index (κ3) is 6.00. The molecular weight excluding hydrogens is 651 g/mol. The van der Waals surface area contributed by atoms with Gasteiger partial charge in [-0.05, 0) is 71.7 Å². The number of aryl methyl sites for hydroxylation is 2. The fraction of sp³-hybridized carbons (Fsp3) is 0.208. The second-order valence-corrected chi connectivity index (χ2v) is 16.2. The van der Waals surface area contributed by atoms with Crippen LogP contribution >= 0.6 is 0 Å². The van der Waals surface area contributed by atoms with Gasteiger partial charge >= 0.3 is 0 Å². The van der Waals surface area contributed by atoms with E-state index in [1.54, 1.807) is 0 Å². The number of pyridine rings is 1. The molecule has 264 valence electrons. The molecule has 5 heteroatoms. The molecule has 0 amide bonds. The van der Waals surface area contributed by atoms with Crippen molar-refractivity contribution in [3.05, 3.63) is 144 Å². The summed E-state index contributed by atoms with van der Waals surface area (Å²) in [5, 5.41) is 14.3. The highest BCUT2D eigenvalue weighted by Gasteiger charge is 2.29. The average Bonchev–Trinajstić information content (AvgIpc) is 3.67. The van der Waals surface area contributed by atoms with E-state index in [-0.39, 0.29) is 16.6 Å². The Bertz CT molecular complexity index is 2670. The lowest BCUT2D eigenvalue weighted by Gasteiger charge is -2.27. The lowest BCUT2D eigenvalue weighted by Crippen LogP contribution is -2.17. The third-order valence-electron chi connectivity index (χ3n) is 10.4. The number of aromatic hydroxyl groups is 1. The number of hydrogen-bond donors (Lipinski definition) is 1. The first-order valence-corrected chi connectivity index (χ1v) is 18.3. The molecule has 0 saturated carbocycles. The highest BCUT2D eigenvalue weighted by molar-refractivity contribution is 5.98. The minimum Gasteiger partial charge on any atom is -0.507 e. The lowest BCUT2D eigenvalue weighted by atomic mass is 9.79. The molecule has 0 spiro atoms. The smallest absolute Gasteiger partial charge is 0.149 e. The zero-order valence-electron chi connectivity index (χ0n) is 31.7. The Labute approximate surface area is 311 Å². The van der Waals surface area contributed by atoms with E-state index in [0.29, 0.717) is 11.4 Å². The van der Waals surface area contributed by atoms with Crippen LogP contribution in [0.1, 0.15) is 64.2 Å². The van der Waals surface area contributed by atoms with E-state index in [1.807, 2.05) is 26.1 Å². The van der Waals surface area contributed by atoms with Gasteiger partial charge < -0.3 is 9.52 Å². The van der Waals surface area contributed by atoms with Gasteiger partial charge in [0.1, 0.15) is 23.1 Å². The molecule has 0 saturated heterocycles. The summed E-state index contributed by atoms with van der Waals surface area (Å²) in [7, 11) is 0. The third-order valence-corrected chi connectivity index (χ3v) is 10.4. The summed E-state index contributed by atoms with van der Waals surface area (Å²) in [6.07, 6.45) is 1.91. The van der Waals surface area contributed by atoms with E-state index in [9.17, 15) is 5.11 Å². The van der Waals surface area contributed by atoms with Crippen molar-refractivity contribution in [2.24, 2.45) is 0 Å². The van der Waals surface area contributed by atoms with Crippen molar-refractivity contribution in [3.63, 3.8) is 0 Å². The first-order chi connectivity index (χ1) is 25.3. The van der Waals surface area contributed by atoms with Crippen LogP contribution in [0.2, 0.25) is 0 Å². The molecule has 0 atom stereocenters. The van der Waals surface area contributed by atoms with Crippen LogP contribution in [-0.4, -0.2) is 19.6 Å². The summed E-state index contributed by atoms with van der Waals surface area (Å²) in [5.74, 6) is 2.73. The Morgan fingerprint density at radius 1 is 0.604 bits per heavy atom. The first-order valence-electron chi connectivity index (χ1n) is 18.3. The molecule has 3 heterocycles. The molecule has 8 aromatic rings. The van der Waals surface area contributed by atoms with Gasteiger partial charge in [0.25, 0.3) is 0 Å². The van der Waals surface area contributed by atoms with E-state index >= 15 is 0 Å². The average molecular weight is 696 g/mol. The normalized spacial score (nSPS) is 12.2. The van der Waals surface area contributed by atoms with Gasteiger partial charge in [0.05, 0.1) is 28.0 Å². The molecule has 53 heavy (non-hydrogen) atoms. The minimum absolute atomic E-state index is 0.155. The van der Waals surface area contributed by atoms with Crippen LogP contribution in [0.25, 0.3) is 72.4 Å². The van der Waals surface area contributed by atoms with E-state index in [1.165, 1.54) is 0 Å². The largest absolute Gasteiger partial charge is 0.507 e. The summed E-state index contributed by atoms with van der Waals surface area (Å²) < 4.78 is 8.15. The number of phenols is 1. The number of aromatic nitrogens is 3. The van der Waals surface area contributed by atoms with Gasteiger partial charge in [-0.25, -0.2) is 4.98 Å². The molecule has 0 aliphatic heterocycles. The van der Waals surface area contributed by atoms with Crippen molar-refractivity contribution in [1.82, 2.24) is 14.5 Å². The van der Waals surface area contributed by atoms with Crippen LogP contribution in [0.15, 0.2) is 126 Å². The standard InChI is InChI=1S/C48H45N3O2/c1-29-37-27-41(49-28-39(37)30(2)53-29)33-19-14-18-32(24-33)36-21-15-23-43-44(36)50-46(38-25-34(47(3,4)5)26-40(45(38)52)48(6,7)8)51(43)42-22-13-12-20-35(42)31-16-10-9-11-17-31/h9-28,52H,1-8H3. The fourth-order valence-electron chi connectivity index (χ4n) is 7.47. The summed E-state index contributed by atoms with van der Waals surface area (Å²) >= 11 is 0. The minimum atomic E-state index is -0.296. The predicted octanol–water partition coefficient (Wildman–Crippen LogP) is 12.8. The van der Waals surface area contributed by atoms with E-state index in [0.717, 1.165) is 83.7 Å². The molecule has 0 bridgehead atoms. The van der Waals surface area contributed by atoms with Crippen molar-refractivity contribution in [2.75, 3.05) is 0 Å². The van der Waals surface area contributed by atoms with Crippen LogP contribution in [0, 0.1) is 13.8 Å². The van der Waals surface area contributed by atoms with Crippen LogP contribution in [0.4, 0.5) is 0 Å². The molecule has 3 aromatic heterocycles. The second kappa shape index (κ2) is 12.6. The fourth-order valence-corrected chi connectivity index (χ4v) is 7.47. The number of furan rings is 1. The van der Waals surface area contributed by atoms with Crippen molar-refractivity contribution >= 4 is 21.8 Å². The van der Waals surface area contributed by atoms with E-state index in [2.05, 4.69) is 155 Å². The maximum absolute atomic E-state index is 12.2. The lowest BCUT2D eigenvalue weighted by molar-refractivity contribution is 0.446. The number of phenolic OH excluding ortho intramolecular Hbond substituents is 1. The van der Waals surface area contributed by atoms with Gasteiger partial charge in [0.15, 0.2) is 0 Å². The van der Waals surface area contributed by atoms with Crippen LogP contribution in [0.3, 0.4) is 0 Å². The first kappa shape index (κ1) is 34.2. The molecule has 8 rings (SSSR count). The van der Waals surface area contributed by atoms with Gasteiger partial charge in [-0.15, -0.1) is 0 Å². The van der Waals surface area contributed by atoms with Gasteiger partial charge in [-0.2, -0.15) is 0 Å². The van der Waals surface area contributed by atoms with Crippen LogP contribution in [0.5, 0.6) is 5.75 Å². The topological polar surface area (TPSA) is 64.1 Å². The van der Waals surface area contributed by atoms with Crippen molar-refractivity contribution in [1.29, 1.82) is 0 Å². The van der Waals surface area contributed by atoms with Crippen LogP contribution in [-0.2, 0) is 10.8 Å². The maximum Gasteiger partial charge on any atom is 0.149 e. The summed E-state index contributed by atoms with van der Waals surface area (Å²) in [6, 6.07) is 40.2. The number of fused-ring (bicyclic) bond motifs is 2. The monoisotopic (exact) mass is 695 g/mol. The quantitative estimate of drug-likeness (QED) is 0.195. The van der Waals surface area contributed by atoms with Gasteiger partial charge in [0, 0.05) is 39.2 Å². The van der Waals surface area contributed by atoms with Crippen LogP contribution < -0.4 is 0 Å². The predicted molar refractivity (Wildman–Crippen MR) is 219 cm³/mol. The second-order valence-electron chi connectivity index (χ2n) is 16.2. The molecule has 1 N–H and O–H groups in total. The Kier molecular flexibility index (Phi) is 8.14. The molecule has 0 aliphatic rings. The summed E-state index contributed by atoms with van der Waals surface area (Å²) in [6.45, 7) is 17.1. The molecule has 0 aliphatic carbocycles. The number of benzene rings is 5. The Morgan fingerprint density at radius 2 is 1.26 bits per heavy atom. The summed E-state index contributed by atoms with van der Waals surface area (Å²) in [5.41, 5.74) is 11.2. The highest BCUT2D eigenvalue weighted by Crippen LogP contribution is 2.45. The maximum atomic E-state index is 12.2. The van der Waals surface area contributed by atoms with E-state index < -0.39 is 0 Å². The van der Waals surface area contributed by atoms with Gasteiger partial charge in [0.2, 0.25) is 0 Å². The summed E-state index contributed by atoms with van der Waals surface area (Å²) in [4.78, 5) is 10.4. The highest BCUT2D eigenvalue weighted by atomic mass is 16.3. The van der Waals surface area contributed by atoms with Gasteiger partial charge in [-0.3, -0.25) is 9.55 Å². The molecule has 0 fully saturated rings. The molecule has 5 nitrogen and oxygen atoms in total. The molecule has 0 unspecified atom stereocenters. The van der Waals surface area contributed by atoms with Crippen molar-refractivity contribution in [3.8, 4) is 56.3 Å². The molecular formula is C48H45N3O2. The Balaban J connectivity index is 1.41. The number of nitrogens with zero attached hydrogens (tertiary/aromatic N) is 3. The van der Waals surface area contributed by atoms with Crippen molar-refractivity contribution < 1.29 is 9.52 Å². The van der Waals surface area contributed by atoms with Gasteiger partial charge in [-0.1, -0.05) is 126 Å². The van der Waals surface area contributed by atoms with Crippen molar-refractivity contribution in [2.45, 2.75) is 66.2 Å². The molecule has 5 aromatic carbocycles. The Hall–Kier alpha value is -5.94. The Morgan fingerprint density at radius 3 is 2.02 bits per heavy atom. The van der Waals surface area contributed by atoms with E-state index in [4.69, 9.17) is 14.4 Å². The number of para-hydroxylation sites is 2.